The number of nitrogens with zero attached hydrogens (tertiary/aromatic N) is 1. The van der Waals surface area contributed by atoms with Crippen molar-refractivity contribution < 1.29 is 0 Å². The largest absolute Gasteiger partial charge is 0.341 e. The summed E-state index contributed by atoms with van der Waals surface area (Å²) in [4.78, 5) is 7.34. The number of hydrogen-bond acceptors (Lipinski definition) is 1. The molecular weight excluding hydrogens is 196 g/mol. The summed E-state index contributed by atoms with van der Waals surface area (Å²) >= 11 is 5.67. The molecule has 14 heavy (non-hydrogen) atoms. The third-order valence-electron chi connectivity index (χ3n) is 2.19. The van der Waals surface area contributed by atoms with E-state index in [-0.39, 0.29) is 0 Å². The number of aromatic nitrogens is 2. The molecule has 0 saturated heterocycles. The average molecular weight is 207 g/mol. The Morgan fingerprint density at radius 3 is 2.79 bits per heavy atom. The van der Waals surface area contributed by atoms with Crippen LogP contribution in [-0.4, -0.2) is 9.97 Å². The lowest BCUT2D eigenvalue weighted by molar-refractivity contribution is 1.12. The minimum atomic E-state index is 0.423. The Kier molecular flexibility index (Phi) is 2.55. The molecule has 0 saturated carbocycles. The smallest absolute Gasteiger partial charge is 0.121 e. The second-order valence-corrected chi connectivity index (χ2v) is 3.46. The summed E-state index contributed by atoms with van der Waals surface area (Å²) in [5, 5.41) is 0. The van der Waals surface area contributed by atoms with Gasteiger partial charge in [-0.15, -0.1) is 11.6 Å². The van der Waals surface area contributed by atoms with Crippen LogP contribution in [0.4, 0.5) is 0 Å². The SMILES string of the molecule is Cc1ccccc1-c1cnc(CCl)[nH]1. The zero-order chi connectivity index (χ0) is 9.97. The predicted molar refractivity (Wildman–Crippen MR) is 58.3 cm³/mol. The minimum absolute atomic E-state index is 0.423. The molecule has 1 N–H and O–H groups in total. The van der Waals surface area contributed by atoms with E-state index in [0.717, 1.165) is 11.5 Å². The maximum absolute atomic E-state index is 5.67. The number of rotatable bonds is 2. The van der Waals surface area contributed by atoms with Gasteiger partial charge in [0.2, 0.25) is 0 Å². The molecule has 1 aromatic carbocycles. The lowest BCUT2D eigenvalue weighted by atomic mass is 10.1. The van der Waals surface area contributed by atoms with Crippen molar-refractivity contribution in [2.24, 2.45) is 0 Å². The van der Waals surface area contributed by atoms with Gasteiger partial charge in [0.05, 0.1) is 17.8 Å². The second kappa shape index (κ2) is 3.84. The van der Waals surface area contributed by atoms with Crippen LogP contribution in [0, 0.1) is 6.92 Å². The zero-order valence-corrected chi connectivity index (χ0v) is 8.67. The van der Waals surface area contributed by atoms with E-state index < -0.39 is 0 Å². The Hall–Kier alpha value is -1.28. The van der Waals surface area contributed by atoms with Crippen molar-refractivity contribution in [3.63, 3.8) is 0 Å². The van der Waals surface area contributed by atoms with Gasteiger partial charge >= 0.3 is 0 Å². The van der Waals surface area contributed by atoms with Crippen molar-refractivity contribution in [1.82, 2.24) is 9.97 Å². The van der Waals surface area contributed by atoms with Crippen molar-refractivity contribution in [3.8, 4) is 11.3 Å². The molecule has 0 fully saturated rings. The van der Waals surface area contributed by atoms with Gasteiger partial charge in [0, 0.05) is 5.56 Å². The molecule has 0 unspecified atom stereocenters. The summed E-state index contributed by atoms with van der Waals surface area (Å²) in [7, 11) is 0. The number of alkyl halides is 1. The van der Waals surface area contributed by atoms with Crippen molar-refractivity contribution in [1.29, 1.82) is 0 Å². The quantitative estimate of drug-likeness (QED) is 0.752. The van der Waals surface area contributed by atoms with E-state index in [1.54, 1.807) is 0 Å². The first-order valence-electron chi connectivity index (χ1n) is 4.47. The van der Waals surface area contributed by atoms with Crippen LogP contribution in [-0.2, 0) is 5.88 Å². The normalized spacial score (nSPS) is 10.4. The van der Waals surface area contributed by atoms with Gasteiger partial charge in [-0.25, -0.2) is 4.98 Å². The molecule has 2 aromatic rings. The Bertz CT molecular complexity index is 434. The number of imidazole rings is 1. The van der Waals surface area contributed by atoms with E-state index in [4.69, 9.17) is 11.6 Å². The molecule has 0 aliphatic heterocycles. The third kappa shape index (κ3) is 1.66. The lowest BCUT2D eigenvalue weighted by Gasteiger charge is -2.01. The van der Waals surface area contributed by atoms with E-state index in [0.29, 0.717) is 5.88 Å². The number of H-pyrrole nitrogens is 1. The topological polar surface area (TPSA) is 28.7 Å². The van der Waals surface area contributed by atoms with Crippen molar-refractivity contribution in [3.05, 3.63) is 41.9 Å². The number of hydrogen-bond donors (Lipinski definition) is 1. The summed E-state index contributed by atoms with van der Waals surface area (Å²) < 4.78 is 0. The minimum Gasteiger partial charge on any atom is -0.341 e. The fraction of sp³-hybridized carbons (Fsp3) is 0.182. The summed E-state index contributed by atoms with van der Waals surface area (Å²) in [5.74, 6) is 1.23. The number of nitrogens with one attached hydrogen (secondary N) is 1. The zero-order valence-electron chi connectivity index (χ0n) is 7.92. The van der Waals surface area contributed by atoms with Crippen LogP contribution in [0.5, 0.6) is 0 Å². The highest BCUT2D eigenvalue weighted by Gasteiger charge is 2.03. The first-order valence-corrected chi connectivity index (χ1v) is 5.00. The van der Waals surface area contributed by atoms with Crippen molar-refractivity contribution in [2.75, 3.05) is 0 Å². The Balaban J connectivity index is 2.44. The van der Waals surface area contributed by atoms with Gasteiger partial charge in [0.15, 0.2) is 0 Å². The predicted octanol–water partition coefficient (Wildman–Crippen LogP) is 3.12. The molecule has 0 atom stereocenters. The van der Waals surface area contributed by atoms with Crippen molar-refractivity contribution >= 4 is 11.6 Å². The fourth-order valence-corrected chi connectivity index (χ4v) is 1.58. The van der Waals surface area contributed by atoms with E-state index in [1.807, 2.05) is 18.3 Å². The van der Waals surface area contributed by atoms with Gasteiger partial charge in [-0.05, 0) is 12.5 Å². The molecule has 0 radical (unpaired) electrons. The van der Waals surface area contributed by atoms with E-state index >= 15 is 0 Å². The van der Waals surface area contributed by atoms with Crippen LogP contribution in [0.3, 0.4) is 0 Å². The number of aryl methyl sites for hydroxylation is 1. The molecule has 0 aliphatic carbocycles. The monoisotopic (exact) mass is 206 g/mol. The van der Waals surface area contributed by atoms with E-state index in [2.05, 4.69) is 29.0 Å². The second-order valence-electron chi connectivity index (χ2n) is 3.19. The third-order valence-corrected chi connectivity index (χ3v) is 2.44. The summed E-state index contributed by atoms with van der Waals surface area (Å²) in [6.07, 6.45) is 1.82. The van der Waals surface area contributed by atoms with Gasteiger partial charge in [-0.1, -0.05) is 24.3 Å². The Morgan fingerprint density at radius 2 is 2.14 bits per heavy atom. The standard InChI is InChI=1S/C11H11ClN2/c1-8-4-2-3-5-9(8)10-7-13-11(6-12)14-10/h2-5,7H,6H2,1H3,(H,13,14). The highest BCUT2D eigenvalue weighted by molar-refractivity contribution is 6.16. The van der Waals surface area contributed by atoms with Crippen LogP contribution >= 0.6 is 11.6 Å². The molecule has 72 valence electrons. The summed E-state index contributed by atoms with van der Waals surface area (Å²) in [6, 6.07) is 8.19. The molecule has 0 spiro atoms. The lowest BCUT2D eigenvalue weighted by Crippen LogP contribution is -1.83. The van der Waals surface area contributed by atoms with Crippen LogP contribution in [0.25, 0.3) is 11.3 Å². The summed E-state index contributed by atoms with van der Waals surface area (Å²) in [5.41, 5.74) is 3.44. The van der Waals surface area contributed by atoms with Crippen LogP contribution in [0.2, 0.25) is 0 Å². The molecule has 0 aliphatic rings. The van der Waals surface area contributed by atoms with Crippen LogP contribution < -0.4 is 0 Å². The number of halogens is 1. The highest BCUT2D eigenvalue weighted by Crippen LogP contribution is 2.21. The molecule has 0 amide bonds. The molecule has 2 nitrogen and oxygen atoms in total. The first kappa shape index (κ1) is 9.28. The van der Waals surface area contributed by atoms with Gasteiger partial charge in [-0.3, -0.25) is 0 Å². The number of aromatic amines is 1. The average Bonchev–Trinajstić information content (AvgIpc) is 2.67. The van der Waals surface area contributed by atoms with E-state index in [9.17, 15) is 0 Å². The molecule has 1 aromatic heterocycles. The molecule has 0 bridgehead atoms. The highest BCUT2D eigenvalue weighted by atomic mass is 35.5. The van der Waals surface area contributed by atoms with Gasteiger partial charge in [-0.2, -0.15) is 0 Å². The molecule has 2 rings (SSSR count). The van der Waals surface area contributed by atoms with Gasteiger partial charge in [0.25, 0.3) is 0 Å². The van der Waals surface area contributed by atoms with Gasteiger partial charge < -0.3 is 4.98 Å². The Morgan fingerprint density at radius 1 is 1.36 bits per heavy atom. The van der Waals surface area contributed by atoms with Crippen LogP contribution in [0.15, 0.2) is 30.5 Å². The maximum atomic E-state index is 5.67. The molecule has 1 heterocycles. The number of benzene rings is 1. The fourth-order valence-electron chi connectivity index (χ4n) is 1.44. The Labute approximate surface area is 88.0 Å². The molecular formula is C11H11ClN2. The van der Waals surface area contributed by atoms with Crippen LogP contribution in [0.1, 0.15) is 11.4 Å². The first-order chi connectivity index (χ1) is 6.81. The molecule has 3 heteroatoms. The van der Waals surface area contributed by atoms with E-state index in [1.165, 1.54) is 11.1 Å². The van der Waals surface area contributed by atoms with Gasteiger partial charge in [0.1, 0.15) is 5.82 Å². The van der Waals surface area contributed by atoms with Crippen molar-refractivity contribution in [2.45, 2.75) is 12.8 Å². The summed E-state index contributed by atoms with van der Waals surface area (Å²) in [6.45, 7) is 2.08. The maximum Gasteiger partial charge on any atom is 0.121 e.